The normalized spacial score (nSPS) is 20.9. The Hall–Kier alpha value is -2.52. The van der Waals surface area contributed by atoms with Gasteiger partial charge in [-0.2, -0.15) is 5.10 Å². The first kappa shape index (κ1) is 22.7. The number of carbonyl (C=O) groups excluding carboxylic acids is 2. The van der Waals surface area contributed by atoms with E-state index in [0.29, 0.717) is 13.1 Å². The van der Waals surface area contributed by atoms with Crippen molar-refractivity contribution in [1.29, 1.82) is 0 Å². The van der Waals surface area contributed by atoms with Crippen molar-refractivity contribution in [2.45, 2.75) is 58.1 Å². The van der Waals surface area contributed by atoms with Gasteiger partial charge >= 0.3 is 0 Å². The van der Waals surface area contributed by atoms with Gasteiger partial charge in [-0.25, -0.2) is 9.50 Å². The molecular formula is C23H34N6O3. The maximum Gasteiger partial charge on any atom is 0.254 e. The summed E-state index contributed by atoms with van der Waals surface area (Å²) in [6, 6.07) is 2.02. The zero-order valence-electron chi connectivity index (χ0n) is 19.5. The Labute approximate surface area is 188 Å². The number of likely N-dealkylation sites (tertiary alicyclic amines) is 2. The van der Waals surface area contributed by atoms with E-state index in [9.17, 15) is 9.59 Å². The van der Waals surface area contributed by atoms with Crippen molar-refractivity contribution in [3.05, 3.63) is 29.2 Å². The Morgan fingerprint density at radius 2 is 1.94 bits per heavy atom. The lowest BCUT2D eigenvalue weighted by atomic mass is 9.96. The number of hydrogen-bond acceptors (Lipinski definition) is 6. The summed E-state index contributed by atoms with van der Waals surface area (Å²) in [5.41, 5.74) is 8.70. The quantitative estimate of drug-likeness (QED) is 0.726. The highest BCUT2D eigenvalue weighted by Gasteiger charge is 2.37. The molecule has 0 saturated carbocycles. The number of nitrogens with two attached hydrogens (primary N) is 1. The van der Waals surface area contributed by atoms with Gasteiger partial charge in [-0.3, -0.25) is 14.5 Å². The van der Waals surface area contributed by atoms with Crippen molar-refractivity contribution < 1.29 is 14.3 Å². The molecule has 2 aliphatic heterocycles. The highest BCUT2D eigenvalue weighted by molar-refractivity contribution is 5.84. The number of carbonyl (C=O) groups is 2. The molecule has 4 rings (SSSR count). The Kier molecular flexibility index (Phi) is 6.22. The van der Waals surface area contributed by atoms with Gasteiger partial charge in [-0.1, -0.05) is 0 Å². The highest BCUT2D eigenvalue weighted by atomic mass is 16.5. The number of primary amides is 1. The number of amides is 2. The van der Waals surface area contributed by atoms with Crippen LogP contribution in [0.25, 0.3) is 5.65 Å². The van der Waals surface area contributed by atoms with E-state index in [0.717, 1.165) is 61.5 Å². The number of piperidine rings is 1. The van der Waals surface area contributed by atoms with Crippen LogP contribution in [0.2, 0.25) is 0 Å². The molecule has 0 spiro atoms. The summed E-state index contributed by atoms with van der Waals surface area (Å²) in [5, 5.41) is 4.83. The van der Waals surface area contributed by atoms with Crippen molar-refractivity contribution in [3.63, 3.8) is 0 Å². The lowest BCUT2D eigenvalue weighted by Gasteiger charge is -2.30. The predicted molar refractivity (Wildman–Crippen MR) is 120 cm³/mol. The van der Waals surface area contributed by atoms with Crippen LogP contribution in [0.15, 0.2) is 12.3 Å². The van der Waals surface area contributed by atoms with E-state index in [1.165, 1.54) is 0 Å². The van der Waals surface area contributed by atoms with E-state index in [1.807, 2.05) is 42.4 Å². The molecule has 0 aliphatic carbocycles. The van der Waals surface area contributed by atoms with E-state index in [1.54, 1.807) is 7.11 Å². The van der Waals surface area contributed by atoms with Crippen LogP contribution in [-0.4, -0.2) is 75.1 Å². The van der Waals surface area contributed by atoms with Gasteiger partial charge in [0.1, 0.15) is 5.60 Å². The average molecular weight is 443 g/mol. The first-order valence-electron chi connectivity index (χ1n) is 11.4. The second-order valence-electron chi connectivity index (χ2n) is 9.57. The van der Waals surface area contributed by atoms with Gasteiger partial charge in [0.05, 0.1) is 11.4 Å². The maximum atomic E-state index is 12.8. The second-order valence-corrected chi connectivity index (χ2v) is 9.57. The Bertz CT molecular complexity index is 1010. The van der Waals surface area contributed by atoms with Crippen molar-refractivity contribution in [1.82, 2.24) is 24.4 Å². The van der Waals surface area contributed by atoms with Crippen LogP contribution in [0.1, 0.15) is 56.0 Å². The fourth-order valence-electron chi connectivity index (χ4n) is 4.86. The smallest absolute Gasteiger partial charge is 0.254 e. The zero-order chi connectivity index (χ0) is 23.0. The first-order chi connectivity index (χ1) is 15.2. The van der Waals surface area contributed by atoms with Crippen LogP contribution < -0.4 is 5.73 Å². The lowest BCUT2D eigenvalue weighted by molar-refractivity contribution is -0.149. The molecular weight excluding hydrogens is 408 g/mol. The summed E-state index contributed by atoms with van der Waals surface area (Å²) < 4.78 is 7.34. The molecule has 9 heteroatoms. The van der Waals surface area contributed by atoms with E-state index < -0.39 is 5.60 Å². The van der Waals surface area contributed by atoms with Crippen molar-refractivity contribution in [3.8, 4) is 0 Å². The van der Waals surface area contributed by atoms with Gasteiger partial charge in [-0.05, 0) is 59.2 Å². The second kappa shape index (κ2) is 8.78. The largest absolute Gasteiger partial charge is 0.369 e. The van der Waals surface area contributed by atoms with Crippen molar-refractivity contribution in [2.75, 3.05) is 33.3 Å². The van der Waals surface area contributed by atoms with E-state index >= 15 is 0 Å². The molecule has 4 heterocycles. The van der Waals surface area contributed by atoms with E-state index in [4.69, 9.17) is 15.6 Å². The fourth-order valence-corrected chi connectivity index (χ4v) is 4.86. The van der Waals surface area contributed by atoms with Crippen LogP contribution in [0.4, 0.5) is 0 Å². The number of rotatable bonds is 6. The van der Waals surface area contributed by atoms with Gasteiger partial charge in [0, 0.05) is 50.3 Å². The minimum absolute atomic E-state index is 0.0166. The molecule has 9 nitrogen and oxygen atoms in total. The summed E-state index contributed by atoms with van der Waals surface area (Å²) in [6.07, 6.45) is 4.34. The van der Waals surface area contributed by atoms with Gasteiger partial charge in [0.25, 0.3) is 5.91 Å². The topological polar surface area (TPSA) is 106 Å². The van der Waals surface area contributed by atoms with Crippen molar-refractivity contribution in [2.24, 2.45) is 11.7 Å². The van der Waals surface area contributed by atoms with Crippen LogP contribution >= 0.6 is 0 Å². The molecule has 2 saturated heterocycles. The number of fused-ring (bicyclic) bond motifs is 1. The summed E-state index contributed by atoms with van der Waals surface area (Å²) in [5.74, 6) is 0.0123. The molecule has 1 atom stereocenters. The molecule has 0 aromatic carbocycles. The summed E-state index contributed by atoms with van der Waals surface area (Å²) >= 11 is 0. The number of methoxy groups -OCH3 is 1. The molecule has 2 aromatic heterocycles. The minimum Gasteiger partial charge on any atom is -0.369 e. The SMILES string of the molecule is COC(C)(C)C(=O)N1CC[C@@H](c2ccnc3c(CN4CCC(C(N)=O)CC4)c(C)nn23)C1. The molecule has 32 heavy (non-hydrogen) atoms. The number of aryl methyl sites for hydroxylation is 1. The van der Waals surface area contributed by atoms with Crippen LogP contribution in [0.3, 0.4) is 0 Å². The van der Waals surface area contributed by atoms with Gasteiger partial charge in [0.15, 0.2) is 5.65 Å². The lowest BCUT2D eigenvalue weighted by Crippen LogP contribution is -2.45. The molecule has 0 radical (unpaired) electrons. The van der Waals surface area contributed by atoms with Crippen LogP contribution in [0, 0.1) is 12.8 Å². The van der Waals surface area contributed by atoms with E-state index in [-0.39, 0.29) is 23.7 Å². The highest BCUT2D eigenvalue weighted by Crippen LogP contribution is 2.30. The molecule has 2 fully saturated rings. The molecule has 0 unspecified atom stereocenters. The molecule has 2 amide bonds. The Balaban J connectivity index is 1.52. The molecule has 2 aliphatic rings. The van der Waals surface area contributed by atoms with E-state index in [2.05, 4.69) is 9.88 Å². The summed E-state index contributed by atoms with van der Waals surface area (Å²) in [7, 11) is 1.57. The zero-order valence-corrected chi connectivity index (χ0v) is 19.5. The summed E-state index contributed by atoms with van der Waals surface area (Å²) in [6.45, 7) is 9.45. The predicted octanol–water partition coefficient (Wildman–Crippen LogP) is 1.48. The van der Waals surface area contributed by atoms with Gasteiger partial charge in [0.2, 0.25) is 5.91 Å². The Morgan fingerprint density at radius 3 is 2.59 bits per heavy atom. The Morgan fingerprint density at radius 1 is 1.22 bits per heavy atom. The fraction of sp³-hybridized carbons (Fsp3) is 0.652. The van der Waals surface area contributed by atoms with Gasteiger partial charge < -0.3 is 15.4 Å². The molecule has 2 N–H and O–H groups in total. The van der Waals surface area contributed by atoms with Crippen LogP contribution in [0.5, 0.6) is 0 Å². The minimum atomic E-state index is -0.820. The molecule has 174 valence electrons. The maximum absolute atomic E-state index is 12.8. The van der Waals surface area contributed by atoms with Gasteiger partial charge in [-0.15, -0.1) is 0 Å². The number of aromatic nitrogens is 3. The first-order valence-corrected chi connectivity index (χ1v) is 11.4. The molecule has 0 bridgehead atoms. The third-order valence-electron chi connectivity index (χ3n) is 7.13. The third kappa shape index (κ3) is 4.23. The summed E-state index contributed by atoms with van der Waals surface area (Å²) in [4.78, 5) is 33.2. The average Bonchev–Trinajstić information content (AvgIpc) is 3.38. The standard InChI is InChI=1S/C23H34N6O3/c1-15-18(14-27-10-6-16(7-11-27)20(24)30)21-25-9-5-19(29(21)26-15)17-8-12-28(13-17)22(31)23(2,3)32-4/h5,9,16-17H,6-8,10-14H2,1-4H3,(H2,24,30)/t17-/m1/s1. The number of nitrogens with zero attached hydrogens (tertiary/aromatic N) is 5. The monoisotopic (exact) mass is 442 g/mol. The molecule has 2 aromatic rings. The van der Waals surface area contributed by atoms with Crippen molar-refractivity contribution >= 4 is 17.5 Å². The number of hydrogen-bond donors (Lipinski definition) is 1. The van der Waals surface area contributed by atoms with Crippen LogP contribution in [-0.2, 0) is 20.9 Å². The number of ether oxygens (including phenoxy) is 1. The third-order valence-corrected chi connectivity index (χ3v) is 7.13.